The number of rotatable bonds is 5. The zero-order valence-electron chi connectivity index (χ0n) is 15.0. The number of aromatic hydroxyl groups is 1. The van der Waals surface area contributed by atoms with Crippen LogP contribution in [0.15, 0.2) is 41.6 Å². The van der Waals surface area contributed by atoms with Crippen LogP contribution in [-0.4, -0.2) is 22.2 Å². The van der Waals surface area contributed by atoms with Gasteiger partial charge < -0.3 is 9.84 Å². The van der Waals surface area contributed by atoms with Crippen molar-refractivity contribution in [2.24, 2.45) is 0 Å². The van der Waals surface area contributed by atoms with Gasteiger partial charge in [-0.25, -0.2) is 13.8 Å². The molecular weight excluding hydrogens is 384 g/mol. The Balaban J connectivity index is 1.97. The average molecular weight is 399 g/mol. The van der Waals surface area contributed by atoms with Gasteiger partial charge in [0.25, 0.3) is 0 Å². The summed E-state index contributed by atoms with van der Waals surface area (Å²) in [4.78, 5) is 8.25. The fraction of sp³-hybridized carbons (Fsp3) is 0.150. The molecule has 0 fully saturated rings. The van der Waals surface area contributed by atoms with Crippen LogP contribution < -0.4 is 4.74 Å². The van der Waals surface area contributed by atoms with E-state index in [0.717, 1.165) is 23.4 Å². The third kappa shape index (κ3) is 3.89. The number of nitriles is 1. The summed E-state index contributed by atoms with van der Waals surface area (Å²) >= 11 is 1.03. The van der Waals surface area contributed by atoms with E-state index in [0.29, 0.717) is 11.3 Å². The molecule has 3 aromatic rings. The van der Waals surface area contributed by atoms with E-state index in [1.54, 1.807) is 25.3 Å². The van der Waals surface area contributed by atoms with Crippen LogP contribution in [0.25, 0.3) is 11.3 Å². The highest BCUT2D eigenvalue weighted by atomic mass is 32.2. The lowest BCUT2D eigenvalue weighted by molar-refractivity contribution is 0.412. The fourth-order valence-electron chi connectivity index (χ4n) is 2.63. The number of aromatic nitrogens is 2. The lowest BCUT2D eigenvalue weighted by Crippen LogP contribution is -1.98. The molecule has 0 atom stereocenters. The van der Waals surface area contributed by atoms with Gasteiger partial charge in [-0.05, 0) is 36.8 Å². The van der Waals surface area contributed by atoms with Gasteiger partial charge in [-0.1, -0.05) is 23.9 Å². The van der Waals surface area contributed by atoms with Gasteiger partial charge in [-0.15, -0.1) is 0 Å². The van der Waals surface area contributed by atoms with Gasteiger partial charge >= 0.3 is 0 Å². The molecule has 28 heavy (non-hydrogen) atoms. The zero-order chi connectivity index (χ0) is 20.3. The molecule has 0 saturated heterocycles. The van der Waals surface area contributed by atoms with Gasteiger partial charge in [0, 0.05) is 16.9 Å². The molecule has 0 aliphatic carbocycles. The summed E-state index contributed by atoms with van der Waals surface area (Å²) in [6.45, 7) is 1.85. The molecular formula is C20H15F2N3O2S. The molecule has 1 N–H and O–H groups in total. The maximum absolute atomic E-state index is 13.8. The summed E-state index contributed by atoms with van der Waals surface area (Å²) in [5.41, 5.74) is 1.78. The van der Waals surface area contributed by atoms with Crippen molar-refractivity contribution >= 4 is 11.8 Å². The van der Waals surface area contributed by atoms with Crippen molar-refractivity contribution in [3.05, 3.63) is 64.7 Å². The van der Waals surface area contributed by atoms with Crippen molar-refractivity contribution in [1.29, 1.82) is 5.26 Å². The Morgan fingerprint density at radius 1 is 1.21 bits per heavy atom. The van der Waals surface area contributed by atoms with Crippen molar-refractivity contribution in [3.63, 3.8) is 0 Å². The number of nitrogens with zero attached hydrogens (tertiary/aromatic N) is 3. The van der Waals surface area contributed by atoms with E-state index in [4.69, 9.17) is 4.74 Å². The number of halogens is 2. The molecule has 0 amide bonds. The Morgan fingerprint density at radius 2 is 2.00 bits per heavy atom. The number of aryl methyl sites for hydroxylation is 1. The molecule has 1 heterocycles. The maximum Gasteiger partial charge on any atom is 0.233 e. The molecule has 3 rings (SSSR count). The van der Waals surface area contributed by atoms with E-state index in [2.05, 4.69) is 9.97 Å². The van der Waals surface area contributed by atoms with Crippen LogP contribution in [0.3, 0.4) is 0 Å². The largest absolute Gasteiger partial charge is 0.496 e. The number of hydrogen-bond donors (Lipinski definition) is 1. The van der Waals surface area contributed by atoms with Gasteiger partial charge in [0.05, 0.1) is 12.8 Å². The minimum atomic E-state index is -0.934. The van der Waals surface area contributed by atoms with Crippen LogP contribution in [0, 0.1) is 29.9 Å². The third-order valence-corrected chi connectivity index (χ3v) is 4.93. The molecule has 1 aromatic heterocycles. The van der Waals surface area contributed by atoms with Gasteiger partial charge in [0.2, 0.25) is 5.88 Å². The molecule has 8 heteroatoms. The summed E-state index contributed by atoms with van der Waals surface area (Å²) in [6, 6.07) is 11.1. The molecule has 0 unspecified atom stereocenters. The maximum atomic E-state index is 13.8. The van der Waals surface area contributed by atoms with Crippen LogP contribution in [-0.2, 0) is 5.75 Å². The Labute approximate surface area is 164 Å². The van der Waals surface area contributed by atoms with Gasteiger partial charge in [-0.2, -0.15) is 10.2 Å². The average Bonchev–Trinajstić information content (AvgIpc) is 2.68. The van der Waals surface area contributed by atoms with Gasteiger partial charge in [0.15, 0.2) is 16.8 Å². The van der Waals surface area contributed by atoms with Crippen LogP contribution in [0.1, 0.15) is 16.7 Å². The van der Waals surface area contributed by atoms with Crippen molar-refractivity contribution < 1.29 is 18.6 Å². The van der Waals surface area contributed by atoms with E-state index in [1.807, 2.05) is 13.0 Å². The molecule has 142 valence electrons. The summed E-state index contributed by atoms with van der Waals surface area (Å²) < 4.78 is 32.4. The topological polar surface area (TPSA) is 79.0 Å². The zero-order valence-corrected chi connectivity index (χ0v) is 15.8. The second-order valence-corrected chi connectivity index (χ2v) is 6.79. The first-order valence-corrected chi connectivity index (χ1v) is 9.15. The SMILES string of the molecule is COc1ccc(-c2nc(SCc3cccc(F)c3F)nc(O)c2C#N)cc1C. The lowest BCUT2D eigenvalue weighted by atomic mass is 10.0. The first-order valence-electron chi connectivity index (χ1n) is 8.16. The number of benzene rings is 2. The highest BCUT2D eigenvalue weighted by Crippen LogP contribution is 2.33. The van der Waals surface area contributed by atoms with Crippen molar-refractivity contribution in [2.45, 2.75) is 17.8 Å². The Morgan fingerprint density at radius 3 is 2.68 bits per heavy atom. The van der Waals surface area contributed by atoms with Crippen LogP contribution in [0.5, 0.6) is 11.6 Å². The normalized spacial score (nSPS) is 10.5. The minimum Gasteiger partial charge on any atom is -0.496 e. The molecule has 0 aliphatic rings. The summed E-state index contributed by atoms with van der Waals surface area (Å²) in [5, 5.41) is 19.7. The minimum absolute atomic E-state index is 0.0640. The van der Waals surface area contributed by atoms with Crippen molar-refractivity contribution in [1.82, 2.24) is 9.97 Å². The molecule has 0 saturated carbocycles. The quantitative estimate of drug-likeness (QED) is 0.499. The van der Waals surface area contributed by atoms with Crippen LogP contribution >= 0.6 is 11.8 Å². The van der Waals surface area contributed by atoms with E-state index in [-0.39, 0.29) is 27.7 Å². The Hall–Kier alpha value is -3.18. The fourth-order valence-corrected chi connectivity index (χ4v) is 3.45. The first-order chi connectivity index (χ1) is 13.4. The number of thioether (sulfide) groups is 1. The molecule has 5 nitrogen and oxygen atoms in total. The molecule has 0 aliphatic heterocycles. The molecule has 2 aromatic carbocycles. The highest BCUT2D eigenvalue weighted by Gasteiger charge is 2.17. The van der Waals surface area contributed by atoms with Gasteiger partial charge in [-0.3, -0.25) is 0 Å². The van der Waals surface area contributed by atoms with E-state index in [9.17, 15) is 19.1 Å². The Kier molecular flexibility index (Phi) is 5.76. The summed E-state index contributed by atoms with van der Waals surface area (Å²) in [7, 11) is 1.56. The smallest absolute Gasteiger partial charge is 0.233 e. The predicted molar refractivity (Wildman–Crippen MR) is 101 cm³/mol. The highest BCUT2D eigenvalue weighted by molar-refractivity contribution is 7.98. The van der Waals surface area contributed by atoms with Crippen LogP contribution in [0.2, 0.25) is 0 Å². The number of ether oxygens (including phenoxy) is 1. The predicted octanol–water partition coefficient (Wildman–Crippen LogP) is 4.61. The Bertz CT molecular complexity index is 1080. The molecule has 0 bridgehead atoms. The second-order valence-electron chi connectivity index (χ2n) is 5.85. The van der Waals surface area contributed by atoms with Crippen molar-refractivity contribution in [3.8, 4) is 29.0 Å². The van der Waals surface area contributed by atoms with E-state index in [1.165, 1.54) is 12.1 Å². The van der Waals surface area contributed by atoms with E-state index < -0.39 is 17.5 Å². The number of methoxy groups -OCH3 is 1. The summed E-state index contributed by atoms with van der Waals surface area (Å²) in [5.74, 6) is -1.59. The summed E-state index contributed by atoms with van der Waals surface area (Å²) in [6.07, 6.45) is 0. The first kappa shape index (κ1) is 19.6. The monoisotopic (exact) mass is 399 g/mol. The van der Waals surface area contributed by atoms with Crippen molar-refractivity contribution in [2.75, 3.05) is 7.11 Å². The molecule has 0 radical (unpaired) electrons. The second kappa shape index (κ2) is 8.23. The molecule has 0 spiro atoms. The van der Waals surface area contributed by atoms with E-state index >= 15 is 0 Å². The van der Waals surface area contributed by atoms with Crippen LogP contribution in [0.4, 0.5) is 8.78 Å². The third-order valence-electron chi connectivity index (χ3n) is 4.04. The van der Waals surface area contributed by atoms with Gasteiger partial charge in [0.1, 0.15) is 17.4 Å². The number of hydrogen-bond acceptors (Lipinski definition) is 6. The standard InChI is InChI=1S/C20H15F2N3O2S/c1-11-8-12(6-7-16(11)27-2)18-14(9-23)19(26)25-20(24-18)28-10-13-4-3-5-15(21)17(13)22/h3-8H,10H2,1-2H3,(H,24,25,26). The lowest BCUT2D eigenvalue weighted by Gasteiger charge is -2.10.